The highest BCUT2D eigenvalue weighted by Crippen LogP contribution is 2.37. The van der Waals surface area contributed by atoms with E-state index in [2.05, 4.69) is 14.9 Å². The van der Waals surface area contributed by atoms with Crippen molar-refractivity contribution in [3.05, 3.63) is 57.0 Å². The van der Waals surface area contributed by atoms with Crippen molar-refractivity contribution in [2.24, 2.45) is 0 Å². The zero-order chi connectivity index (χ0) is 19.5. The molecule has 1 aromatic carbocycles. The van der Waals surface area contributed by atoms with Crippen molar-refractivity contribution in [1.82, 2.24) is 19.4 Å². The summed E-state index contributed by atoms with van der Waals surface area (Å²) in [5.41, 5.74) is 0.991. The van der Waals surface area contributed by atoms with Gasteiger partial charge in [0, 0.05) is 35.1 Å². The molecule has 4 heterocycles. The van der Waals surface area contributed by atoms with Crippen molar-refractivity contribution in [3.63, 3.8) is 0 Å². The van der Waals surface area contributed by atoms with Crippen LogP contribution in [-0.4, -0.2) is 36.5 Å². The lowest BCUT2D eigenvalue weighted by Crippen LogP contribution is -2.43. The van der Waals surface area contributed by atoms with Crippen LogP contribution < -0.4 is 4.74 Å². The summed E-state index contributed by atoms with van der Waals surface area (Å²) in [6.07, 6.45) is 1.41. The van der Waals surface area contributed by atoms with Gasteiger partial charge in [0.05, 0.1) is 12.2 Å². The molecule has 0 spiro atoms. The smallest absolute Gasteiger partial charge is 0.415 e. The third-order valence-electron chi connectivity index (χ3n) is 4.94. The van der Waals surface area contributed by atoms with Gasteiger partial charge < -0.3 is 14.9 Å². The molecule has 0 radical (unpaired) electrons. The summed E-state index contributed by atoms with van der Waals surface area (Å²) in [6.45, 7) is 4.51. The number of imidazole rings is 1. The first-order chi connectivity index (χ1) is 13.4. The first kappa shape index (κ1) is 17.3. The molecule has 10 heteroatoms. The molecule has 0 saturated heterocycles. The minimum absolute atomic E-state index is 0.203. The van der Waals surface area contributed by atoms with E-state index < -0.39 is 10.5 Å². The number of aromatic nitrogens is 3. The maximum absolute atomic E-state index is 14.0. The molecule has 0 aliphatic carbocycles. The number of fused-ring (bicyclic) bond motifs is 2. The van der Waals surface area contributed by atoms with Crippen LogP contribution in [0.1, 0.15) is 17.5 Å². The summed E-state index contributed by atoms with van der Waals surface area (Å²) in [5, 5.41) is 11.5. The van der Waals surface area contributed by atoms with Crippen molar-refractivity contribution in [3.8, 4) is 16.6 Å². The standard InChI is InChI=1S/C18H16FN5O3S/c1-18(10-23-8-15(24(25)26)21-17(23)27-18)9-22-6-13-14(7-22)28-16(20-13)11-4-2-3-5-12(11)19/h2-5,8H,6-7,9-10H2,1H3. The van der Waals surface area contributed by atoms with Crippen molar-refractivity contribution < 1.29 is 14.1 Å². The van der Waals surface area contributed by atoms with Gasteiger partial charge in [0.15, 0.2) is 0 Å². The Labute approximate surface area is 163 Å². The van der Waals surface area contributed by atoms with Gasteiger partial charge in [-0.2, -0.15) is 0 Å². The predicted molar refractivity (Wildman–Crippen MR) is 99.5 cm³/mol. The van der Waals surface area contributed by atoms with Crippen molar-refractivity contribution >= 4 is 17.2 Å². The molecule has 0 saturated carbocycles. The Bertz CT molecular complexity index is 1050. The second kappa shape index (κ2) is 6.08. The van der Waals surface area contributed by atoms with Crippen molar-refractivity contribution in [2.45, 2.75) is 32.2 Å². The minimum atomic E-state index is -0.524. The van der Waals surface area contributed by atoms with Gasteiger partial charge >= 0.3 is 11.8 Å². The Morgan fingerprint density at radius 1 is 1.36 bits per heavy atom. The first-order valence-corrected chi connectivity index (χ1v) is 9.58. The number of benzene rings is 1. The second-order valence-electron chi connectivity index (χ2n) is 7.33. The van der Waals surface area contributed by atoms with Gasteiger partial charge in [-0.05, 0) is 24.0 Å². The second-order valence-corrected chi connectivity index (χ2v) is 8.42. The fourth-order valence-electron chi connectivity index (χ4n) is 3.80. The number of hydrogen-bond acceptors (Lipinski definition) is 7. The lowest BCUT2D eigenvalue weighted by molar-refractivity contribution is -0.389. The van der Waals surface area contributed by atoms with E-state index in [1.807, 2.05) is 13.0 Å². The molecule has 2 aliphatic rings. The normalized spacial score (nSPS) is 20.8. The molecular formula is C18H16FN5O3S. The van der Waals surface area contributed by atoms with Crippen molar-refractivity contribution in [1.29, 1.82) is 0 Å². The molecular weight excluding hydrogens is 385 g/mol. The van der Waals surface area contributed by atoms with Crippen LogP contribution in [0.15, 0.2) is 30.5 Å². The predicted octanol–water partition coefficient (Wildman–Crippen LogP) is 3.22. The van der Waals surface area contributed by atoms with E-state index in [0.717, 1.165) is 17.1 Å². The fraction of sp³-hybridized carbons (Fsp3) is 0.333. The molecule has 0 amide bonds. The van der Waals surface area contributed by atoms with Crippen molar-refractivity contribution in [2.75, 3.05) is 6.54 Å². The van der Waals surface area contributed by atoms with E-state index in [4.69, 9.17) is 4.74 Å². The lowest BCUT2D eigenvalue weighted by atomic mass is 10.1. The fourth-order valence-corrected chi connectivity index (χ4v) is 4.94. The van der Waals surface area contributed by atoms with Gasteiger partial charge in [-0.1, -0.05) is 12.1 Å². The molecule has 2 aromatic heterocycles. The number of hydrogen-bond donors (Lipinski definition) is 0. The van der Waals surface area contributed by atoms with Gasteiger partial charge in [0.2, 0.25) is 0 Å². The van der Waals surface area contributed by atoms with Crippen LogP contribution in [0, 0.1) is 15.9 Å². The highest BCUT2D eigenvalue weighted by atomic mass is 32.1. The highest BCUT2D eigenvalue weighted by Gasteiger charge is 2.42. The molecule has 3 aromatic rings. The highest BCUT2D eigenvalue weighted by molar-refractivity contribution is 7.15. The zero-order valence-electron chi connectivity index (χ0n) is 15.0. The number of nitro groups is 1. The van der Waals surface area contributed by atoms with Crippen LogP contribution >= 0.6 is 11.3 Å². The van der Waals surface area contributed by atoms with Gasteiger partial charge in [0.25, 0.3) is 0 Å². The van der Waals surface area contributed by atoms with E-state index in [1.165, 1.54) is 23.6 Å². The summed E-state index contributed by atoms with van der Waals surface area (Å²) in [5.74, 6) is -0.465. The van der Waals surface area contributed by atoms with E-state index >= 15 is 0 Å². The Morgan fingerprint density at radius 2 is 2.18 bits per heavy atom. The maximum atomic E-state index is 14.0. The van der Waals surface area contributed by atoms with Gasteiger partial charge in [0.1, 0.15) is 22.6 Å². The number of ether oxygens (including phenoxy) is 1. The summed E-state index contributed by atoms with van der Waals surface area (Å²) in [4.78, 5) is 22.2. The van der Waals surface area contributed by atoms with E-state index in [0.29, 0.717) is 30.2 Å². The first-order valence-electron chi connectivity index (χ1n) is 8.77. The molecule has 28 heavy (non-hydrogen) atoms. The lowest BCUT2D eigenvalue weighted by Gasteiger charge is -2.27. The zero-order valence-corrected chi connectivity index (χ0v) is 15.8. The quantitative estimate of drug-likeness (QED) is 0.493. The Balaban J connectivity index is 1.27. The molecule has 2 aliphatic heterocycles. The van der Waals surface area contributed by atoms with E-state index in [1.54, 1.807) is 16.7 Å². The third kappa shape index (κ3) is 2.85. The SMILES string of the molecule is CC1(CN2Cc3nc(-c4ccccc4F)sc3C2)Cn2cc([N+](=O)[O-])nc2O1. The molecule has 0 fully saturated rings. The topological polar surface area (TPSA) is 86.3 Å². The number of thiazole rings is 1. The van der Waals surface area contributed by atoms with Gasteiger partial charge in [-0.15, -0.1) is 11.3 Å². The summed E-state index contributed by atoms with van der Waals surface area (Å²) < 4.78 is 21.6. The molecule has 0 N–H and O–H groups in total. The van der Waals surface area contributed by atoms with Gasteiger partial charge in [-0.25, -0.2) is 9.37 Å². The van der Waals surface area contributed by atoms with E-state index in [-0.39, 0.29) is 17.6 Å². The molecule has 5 rings (SSSR count). The Kier molecular flexibility index (Phi) is 3.75. The molecule has 0 bridgehead atoms. The largest absolute Gasteiger partial charge is 0.436 e. The monoisotopic (exact) mass is 401 g/mol. The number of nitrogens with zero attached hydrogens (tertiary/aromatic N) is 5. The van der Waals surface area contributed by atoms with E-state index in [9.17, 15) is 14.5 Å². The van der Waals surface area contributed by atoms with Gasteiger partial charge in [-0.3, -0.25) is 9.47 Å². The summed E-state index contributed by atoms with van der Waals surface area (Å²) >= 11 is 1.52. The van der Waals surface area contributed by atoms with Crippen LogP contribution in [0.25, 0.3) is 10.6 Å². The average Bonchev–Trinajstić information content (AvgIpc) is 3.33. The number of halogens is 1. The summed E-state index contributed by atoms with van der Waals surface area (Å²) in [6, 6.07) is 6.95. The molecule has 1 unspecified atom stereocenters. The van der Waals surface area contributed by atoms with Crippen LogP contribution in [0.5, 0.6) is 6.01 Å². The Hall–Kier alpha value is -2.85. The average molecular weight is 401 g/mol. The van der Waals surface area contributed by atoms with Crippen LogP contribution in [0.2, 0.25) is 0 Å². The van der Waals surface area contributed by atoms with Crippen LogP contribution in [-0.2, 0) is 19.6 Å². The molecule has 144 valence electrons. The van der Waals surface area contributed by atoms with Crippen LogP contribution in [0.4, 0.5) is 10.2 Å². The minimum Gasteiger partial charge on any atom is -0.436 e. The maximum Gasteiger partial charge on any atom is 0.415 e. The Morgan fingerprint density at radius 3 is 2.89 bits per heavy atom. The summed E-state index contributed by atoms with van der Waals surface area (Å²) in [7, 11) is 0. The molecule has 8 nitrogen and oxygen atoms in total. The molecule has 1 atom stereocenters. The number of rotatable bonds is 4. The third-order valence-corrected chi connectivity index (χ3v) is 6.05. The van der Waals surface area contributed by atoms with Crippen LogP contribution in [0.3, 0.4) is 0 Å².